The van der Waals surface area contributed by atoms with E-state index in [0.717, 1.165) is 16.5 Å². The number of phenols is 1. The van der Waals surface area contributed by atoms with E-state index in [1.54, 1.807) is 30.3 Å². The molecule has 6 nitrogen and oxygen atoms in total. The van der Waals surface area contributed by atoms with Gasteiger partial charge >= 0.3 is 5.97 Å². The van der Waals surface area contributed by atoms with Crippen LogP contribution in [0.4, 0.5) is 11.5 Å². The summed E-state index contributed by atoms with van der Waals surface area (Å²) >= 11 is 0. The zero-order valence-corrected chi connectivity index (χ0v) is 17.5. The maximum atomic E-state index is 12.5. The maximum absolute atomic E-state index is 12.5. The highest BCUT2D eigenvalue weighted by molar-refractivity contribution is 5.95. The van der Waals surface area contributed by atoms with Gasteiger partial charge < -0.3 is 15.2 Å². The van der Waals surface area contributed by atoms with E-state index in [1.807, 2.05) is 60.7 Å². The van der Waals surface area contributed by atoms with Gasteiger partial charge in [0.15, 0.2) is 5.82 Å². The molecule has 6 heteroatoms. The molecule has 160 valence electrons. The second-order valence-electron chi connectivity index (χ2n) is 7.34. The minimum Gasteiger partial charge on any atom is -0.507 e. The quantitative estimate of drug-likeness (QED) is 0.263. The molecule has 0 saturated carbocycles. The molecule has 0 aliphatic heterocycles. The molecule has 1 heterocycles. The number of carbonyl (C=O) groups excluding carboxylic acids is 1. The molecule has 0 aliphatic carbocycles. The second-order valence-corrected chi connectivity index (χ2v) is 7.34. The van der Waals surface area contributed by atoms with Crippen LogP contribution >= 0.6 is 0 Å². The molecule has 0 saturated heterocycles. The molecule has 33 heavy (non-hydrogen) atoms. The van der Waals surface area contributed by atoms with E-state index in [-0.39, 0.29) is 11.3 Å². The van der Waals surface area contributed by atoms with Crippen molar-refractivity contribution in [1.29, 1.82) is 0 Å². The molecular formula is C27H19N3O3. The molecule has 0 aliphatic rings. The number of aromatic hydroxyl groups is 1. The van der Waals surface area contributed by atoms with E-state index >= 15 is 0 Å². The van der Waals surface area contributed by atoms with Gasteiger partial charge in [0.05, 0.1) is 5.52 Å². The van der Waals surface area contributed by atoms with Gasteiger partial charge in [-0.05, 0) is 36.4 Å². The number of fused-ring (bicyclic) bond motifs is 1. The fraction of sp³-hybridized carbons (Fsp3) is 0. The molecule has 0 unspecified atom stereocenters. The van der Waals surface area contributed by atoms with Gasteiger partial charge in [0.2, 0.25) is 0 Å². The Morgan fingerprint density at radius 2 is 1.48 bits per heavy atom. The average molecular weight is 433 g/mol. The first-order valence-electron chi connectivity index (χ1n) is 10.4. The summed E-state index contributed by atoms with van der Waals surface area (Å²) in [5.74, 6) is 0.763. The number of esters is 1. The average Bonchev–Trinajstić information content (AvgIpc) is 2.85. The van der Waals surface area contributed by atoms with Crippen molar-refractivity contribution >= 4 is 28.4 Å². The largest absolute Gasteiger partial charge is 0.507 e. The van der Waals surface area contributed by atoms with Crippen molar-refractivity contribution in [2.24, 2.45) is 0 Å². The number of nitrogens with zero attached hydrogens (tertiary/aromatic N) is 2. The van der Waals surface area contributed by atoms with E-state index in [0.29, 0.717) is 23.1 Å². The third-order valence-electron chi connectivity index (χ3n) is 5.07. The molecular weight excluding hydrogens is 414 g/mol. The van der Waals surface area contributed by atoms with Crippen molar-refractivity contribution in [2.45, 2.75) is 0 Å². The van der Waals surface area contributed by atoms with Crippen molar-refractivity contribution in [3.8, 4) is 22.9 Å². The number of anilines is 2. The van der Waals surface area contributed by atoms with Gasteiger partial charge in [-0.3, -0.25) is 0 Å². The van der Waals surface area contributed by atoms with Gasteiger partial charge in [-0.15, -0.1) is 0 Å². The molecule has 0 fully saturated rings. The summed E-state index contributed by atoms with van der Waals surface area (Å²) in [6.07, 6.45) is 0. The minimum absolute atomic E-state index is 0.0712. The van der Waals surface area contributed by atoms with E-state index in [9.17, 15) is 9.90 Å². The topological polar surface area (TPSA) is 84.3 Å². The molecule has 2 N–H and O–H groups in total. The SMILES string of the molecule is O=C(Oc1ccccc1)c1ccc(Nc2nc(-c3ccccc3)nc3ccccc23)cc1O. The zero-order chi connectivity index (χ0) is 22.6. The van der Waals surface area contributed by atoms with Crippen LogP contribution in [0.2, 0.25) is 0 Å². The Bertz CT molecular complexity index is 1440. The van der Waals surface area contributed by atoms with Crippen LogP contribution in [0.3, 0.4) is 0 Å². The first kappa shape index (κ1) is 20.2. The summed E-state index contributed by atoms with van der Waals surface area (Å²) in [4.78, 5) is 21.9. The first-order valence-corrected chi connectivity index (χ1v) is 10.4. The smallest absolute Gasteiger partial charge is 0.347 e. The molecule has 5 aromatic rings. The zero-order valence-electron chi connectivity index (χ0n) is 17.5. The van der Waals surface area contributed by atoms with Crippen molar-refractivity contribution in [3.05, 3.63) is 109 Å². The Balaban J connectivity index is 1.46. The lowest BCUT2D eigenvalue weighted by Gasteiger charge is -2.12. The number of carbonyl (C=O) groups is 1. The lowest BCUT2D eigenvalue weighted by molar-refractivity contribution is 0.0731. The highest BCUT2D eigenvalue weighted by atomic mass is 16.5. The monoisotopic (exact) mass is 433 g/mol. The third-order valence-corrected chi connectivity index (χ3v) is 5.07. The fourth-order valence-corrected chi connectivity index (χ4v) is 3.46. The minimum atomic E-state index is -0.635. The predicted molar refractivity (Wildman–Crippen MR) is 128 cm³/mol. The lowest BCUT2D eigenvalue weighted by Crippen LogP contribution is -2.09. The van der Waals surface area contributed by atoms with Crippen LogP contribution in [-0.2, 0) is 0 Å². The maximum Gasteiger partial charge on any atom is 0.347 e. The van der Waals surface area contributed by atoms with Gasteiger partial charge in [0.1, 0.15) is 22.9 Å². The van der Waals surface area contributed by atoms with E-state index in [2.05, 4.69) is 10.3 Å². The highest BCUT2D eigenvalue weighted by Crippen LogP contribution is 2.30. The lowest BCUT2D eigenvalue weighted by atomic mass is 10.1. The molecule has 4 aromatic carbocycles. The van der Waals surface area contributed by atoms with Crippen molar-refractivity contribution < 1.29 is 14.6 Å². The second kappa shape index (κ2) is 8.80. The van der Waals surface area contributed by atoms with Crippen LogP contribution in [0.1, 0.15) is 10.4 Å². The van der Waals surface area contributed by atoms with E-state index in [1.165, 1.54) is 12.1 Å². The standard InChI is InChI=1S/C27H19N3O3/c31-24-17-19(15-16-22(24)27(32)33-20-11-5-2-6-12-20)28-26-21-13-7-8-14-23(21)29-25(30-26)18-9-3-1-4-10-18/h1-17,31H,(H,28,29,30). The number of para-hydroxylation sites is 2. The number of nitrogens with one attached hydrogen (secondary N) is 1. The van der Waals surface area contributed by atoms with Gasteiger partial charge in [-0.1, -0.05) is 60.7 Å². The third kappa shape index (κ3) is 4.36. The Kier molecular flexibility index (Phi) is 5.39. The number of phenolic OH excluding ortho intramolecular Hbond substituents is 1. The molecule has 0 radical (unpaired) electrons. The summed E-state index contributed by atoms with van der Waals surface area (Å²) in [5, 5.41) is 14.6. The number of rotatable bonds is 5. The van der Waals surface area contributed by atoms with E-state index in [4.69, 9.17) is 9.72 Å². The summed E-state index contributed by atoms with van der Waals surface area (Å²) in [6.45, 7) is 0. The molecule has 0 spiro atoms. The van der Waals surface area contributed by atoms with Crippen LogP contribution in [-0.4, -0.2) is 21.0 Å². The van der Waals surface area contributed by atoms with Gasteiger partial charge in [0, 0.05) is 22.7 Å². The van der Waals surface area contributed by atoms with Gasteiger partial charge in [-0.25, -0.2) is 14.8 Å². The van der Waals surface area contributed by atoms with Crippen molar-refractivity contribution in [3.63, 3.8) is 0 Å². The molecule has 1 aromatic heterocycles. The van der Waals surface area contributed by atoms with Crippen LogP contribution in [0, 0.1) is 0 Å². The Morgan fingerprint density at radius 3 is 2.24 bits per heavy atom. The van der Waals surface area contributed by atoms with E-state index < -0.39 is 5.97 Å². The van der Waals surface area contributed by atoms with Crippen LogP contribution in [0.15, 0.2) is 103 Å². The van der Waals surface area contributed by atoms with Gasteiger partial charge in [0.25, 0.3) is 0 Å². The van der Waals surface area contributed by atoms with Crippen LogP contribution in [0.5, 0.6) is 11.5 Å². The summed E-state index contributed by atoms with van der Waals surface area (Å²) < 4.78 is 5.32. The summed E-state index contributed by atoms with van der Waals surface area (Å²) in [6, 6.07) is 30.8. The normalized spacial score (nSPS) is 10.7. The Morgan fingerprint density at radius 1 is 0.788 bits per heavy atom. The number of hydrogen-bond donors (Lipinski definition) is 2. The van der Waals surface area contributed by atoms with Crippen LogP contribution in [0.25, 0.3) is 22.3 Å². The fourth-order valence-electron chi connectivity index (χ4n) is 3.46. The molecule has 0 bridgehead atoms. The van der Waals surface area contributed by atoms with Crippen molar-refractivity contribution in [2.75, 3.05) is 5.32 Å². The first-order chi connectivity index (χ1) is 16.2. The van der Waals surface area contributed by atoms with Crippen LogP contribution < -0.4 is 10.1 Å². The number of hydrogen-bond acceptors (Lipinski definition) is 6. The number of aromatic nitrogens is 2. The molecule has 0 amide bonds. The van der Waals surface area contributed by atoms with Crippen molar-refractivity contribution in [1.82, 2.24) is 9.97 Å². The molecule has 0 atom stereocenters. The Labute approximate surface area is 190 Å². The highest BCUT2D eigenvalue weighted by Gasteiger charge is 2.15. The predicted octanol–water partition coefficient (Wildman–Crippen LogP) is 5.97. The number of ether oxygens (including phenoxy) is 1. The summed E-state index contributed by atoms with van der Waals surface area (Å²) in [7, 11) is 0. The summed E-state index contributed by atoms with van der Waals surface area (Å²) in [5.41, 5.74) is 2.34. The number of benzene rings is 4. The van der Waals surface area contributed by atoms with Gasteiger partial charge in [-0.2, -0.15) is 0 Å². The molecule has 5 rings (SSSR count). The Hall–Kier alpha value is -4.71.